The van der Waals surface area contributed by atoms with Crippen LogP contribution in [0.15, 0.2) is 24.3 Å². The Kier molecular flexibility index (Phi) is 3.98. The number of hydrogen-bond donors (Lipinski definition) is 2. The summed E-state index contributed by atoms with van der Waals surface area (Å²) >= 11 is 0. The average Bonchev–Trinajstić information content (AvgIpc) is 2.38. The first-order valence-corrected chi connectivity index (χ1v) is 6.05. The van der Waals surface area contributed by atoms with Gasteiger partial charge in [-0.1, -0.05) is 19.1 Å². The lowest BCUT2D eigenvalue weighted by Crippen LogP contribution is -2.47. The molecule has 1 aliphatic heterocycles. The van der Waals surface area contributed by atoms with Crippen molar-refractivity contribution in [3.63, 3.8) is 0 Å². The molecule has 0 radical (unpaired) electrons. The van der Waals surface area contributed by atoms with Gasteiger partial charge in [0, 0.05) is 13.1 Å². The summed E-state index contributed by atoms with van der Waals surface area (Å²) in [6.45, 7) is 4.31. The third kappa shape index (κ3) is 2.97. The van der Waals surface area contributed by atoms with Crippen LogP contribution in [0.5, 0.6) is 5.75 Å². The number of ether oxygens (including phenoxy) is 1. The van der Waals surface area contributed by atoms with Crippen molar-refractivity contribution in [3.05, 3.63) is 29.8 Å². The summed E-state index contributed by atoms with van der Waals surface area (Å²) in [6, 6.07) is 7.47. The van der Waals surface area contributed by atoms with Crippen LogP contribution < -0.4 is 15.4 Å². The minimum atomic E-state index is -0.232. The lowest BCUT2D eigenvalue weighted by atomic mass is 10.0. The number of hydrogen-bond acceptors (Lipinski definition) is 3. The molecule has 1 atom stereocenters. The Morgan fingerprint density at radius 1 is 1.29 bits per heavy atom. The van der Waals surface area contributed by atoms with Crippen LogP contribution >= 0.6 is 0 Å². The molecule has 0 saturated carbocycles. The molecule has 2 N–H and O–H groups in total. The van der Waals surface area contributed by atoms with Gasteiger partial charge in [0.05, 0.1) is 6.61 Å². The molecule has 4 nitrogen and oxygen atoms in total. The molecule has 17 heavy (non-hydrogen) atoms. The molecule has 92 valence electrons. The Morgan fingerprint density at radius 3 is 2.71 bits per heavy atom. The fourth-order valence-corrected chi connectivity index (χ4v) is 1.84. The molecule has 4 heteroatoms. The molecule has 0 aromatic heterocycles. The number of piperazine rings is 1. The lowest BCUT2D eigenvalue weighted by Gasteiger charge is -2.23. The minimum absolute atomic E-state index is 0.0403. The number of nitrogens with one attached hydrogen (secondary N) is 2. The van der Waals surface area contributed by atoms with E-state index >= 15 is 0 Å². The van der Waals surface area contributed by atoms with Crippen molar-refractivity contribution in [2.24, 2.45) is 0 Å². The number of carbonyl (C=O) groups is 1. The zero-order valence-corrected chi connectivity index (χ0v) is 10.0. The molecule has 0 bridgehead atoms. The second kappa shape index (κ2) is 5.68. The van der Waals surface area contributed by atoms with Gasteiger partial charge >= 0.3 is 0 Å². The highest BCUT2D eigenvalue weighted by Gasteiger charge is 2.22. The Balaban J connectivity index is 2.03. The first-order chi connectivity index (χ1) is 8.31. The second-order valence-corrected chi connectivity index (χ2v) is 4.10. The molecule has 1 aromatic carbocycles. The van der Waals surface area contributed by atoms with Crippen LogP contribution in [-0.2, 0) is 4.79 Å². The molecule has 1 fully saturated rings. The Labute approximate surface area is 101 Å². The summed E-state index contributed by atoms with van der Waals surface area (Å²) in [5.74, 6) is 0.894. The molecule has 1 amide bonds. The molecule has 2 rings (SSSR count). The third-order valence-corrected chi connectivity index (χ3v) is 2.72. The van der Waals surface area contributed by atoms with Crippen molar-refractivity contribution < 1.29 is 9.53 Å². The van der Waals surface area contributed by atoms with Crippen molar-refractivity contribution in [1.82, 2.24) is 10.6 Å². The van der Waals surface area contributed by atoms with E-state index in [1.165, 1.54) is 0 Å². The summed E-state index contributed by atoms with van der Waals surface area (Å²) in [7, 11) is 0. The van der Waals surface area contributed by atoms with E-state index in [0.29, 0.717) is 6.54 Å². The first-order valence-electron chi connectivity index (χ1n) is 6.05. The van der Waals surface area contributed by atoms with Gasteiger partial charge in [0.15, 0.2) is 0 Å². The van der Waals surface area contributed by atoms with Crippen LogP contribution in [0.4, 0.5) is 0 Å². The standard InChI is InChI=1S/C13H18N2O2/c1-2-9-17-11-5-3-10(4-6-11)12-13(16)15-8-7-14-12/h3-6,12,14H,2,7-9H2,1H3,(H,15,16)/t12-/m1/s1. The summed E-state index contributed by atoms with van der Waals surface area (Å²) in [5.41, 5.74) is 0.978. The van der Waals surface area contributed by atoms with E-state index in [1.807, 2.05) is 24.3 Å². The monoisotopic (exact) mass is 234 g/mol. The first kappa shape index (κ1) is 11.9. The molecule has 1 saturated heterocycles. The van der Waals surface area contributed by atoms with Gasteiger partial charge in [0.2, 0.25) is 5.91 Å². The van der Waals surface area contributed by atoms with Gasteiger partial charge in [-0.2, -0.15) is 0 Å². The maximum absolute atomic E-state index is 11.6. The summed E-state index contributed by atoms with van der Waals surface area (Å²) in [6.07, 6.45) is 0.994. The van der Waals surface area contributed by atoms with Crippen LogP contribution in [0.2, 0.25) is 0 Å². The number of amides is 1. The highest BCUT2D eigenvalue weighted by Crippen LogP contribution is 2.19. The van der Waals surface area contributed by atoms with Crippen LogP contribution in [0.25, 0.3) is 0 Å². The highest BCUT2D eigenvalue weighted by atomic mass is 16.5. The number of carbonyl (C=O) groups excluding carboxylic acids is 1. The van der Waals surface area contributed by atoms with Gasteiger partial charge in [-0.25, -0.2) is 0 Å². The Bertz CT molecular complexity index is 376. The van der Waals surface area contributed by atoms with Crippen molar-refractivity contribution >= 4 is 5.91 Å². The molecule has 1 heterocycles. The van der Waals surface area contributed by atoms with Crippen molar-refractivity contribution in [2.45, 2.75) is 19.4 Å². The molecule has 0 unspecified atom stereocenters. The van der Waals surface area contributed by atoms with Crippen molar-refractivity contribution in [2.75, 3.05) is 19.7 Å². The van der Waals surface area contributed by atoms with E-state index in [9.17, 15) is 4.79 Å². The lowest BCUT2D eigenvalue weighted by molar-refractivity contribution is -0.124. The number of rotatable bonds is 4. The van der Waals surface area contributed by atoms with Gasteiger partial charge in [0.1, 0.15) is 11.8 Å². The van der Waals surface area contributed by atoms with Crippen molar-refractivity contribution in [1.29, 1.82) is 0 Å². The molecular weight excluding hydrogens is 216 g/mol. The molecule has 0 aliphatic carbocycles. The Morgan fingerprint density at radius 2 is 2.06 bits per heavy atom. The van der Waals surface area contributed by atoms with Gasteiger partial charge in [-0.15, -0.1) is 0 Å². The summed E-state index contributed by atoms with van der Waals surface area (Å²) < 4.78 is 5.50. The van der Waals surface area contributed by atoms with E-state index < -0.39 is 0 Å². The zero-order chi connectivity index (χ0) is 12.1. The fourth-order valence-electron chi connectivity index (χ4n) is 1.84. The van der Waals surface area contributed by atoms with Gasteiger partial charge in [-0.3, -0.25) is 4.79 Å². The second-order valence-electron chi connectivity index (χ2n) is 4.10. The molecule has 0 spiro atoms. The van der Waals surface area contributed by atoms with Crippen LogP contribution in [0, 0.1) is 0 Å². The van der Waals surface area contributed by atoms with Crippen LogP contribution in [0.3, 0.4) is 0 Å². The van der Waals surface area contributed by atoms with E-state index in [0.717, 1.165) is 30.9 Å². The van der Waals surface area contributed by atoms with Gasteiger partial charge < -0.3 is 15.4 Å². The van der Waals surface area contributed by atoms with Crippen molar-refractivity contribution in [3.8, 4) is 5.75 Å². The maximum atomic E-state index is 11.6. The highest BCUT2D eigenvalue weighted by molar-refractivity contribution is 5.83. The van der Waals surface area contributed by atoms with E-state index in [-0.39, 0.29) is 11.9 Å². The molecule has 1 aliphatic rings. The topological polar surface area (TPSA) is 50.4 Å². The predicted molar refractivity (Wildman–Crippen MR) is 66.0 cm³/mol. The fraction of sp³-hybridized carbons (Fsp3) is 0.462. The maximum Gasteiger partial charge on any atom is 0.241 e. The number of benzene rings is 1. The zero-order valence-electron chi connectivity index (χ0n) is 10.0. The smallest absolute Gasteiger partial charge is 0.241 e. The molecular formula is C13H18N2O2. The normalized spacial score (nSPS) is 19.8. The average molecular weight is 234 g/mol. The van der Waals surface area contributed by atoms with Crippen LogP contribution in [0.1, 0.15) is 24.9 Å². The minimum Gasteiger partial charge on any atom is -0.494 e. The van der Waals surface area contributed by atoms with Crippen LogP contribution in [-0.4, -0.2) is 25.6 Å². The molecule has 1 aromatic rings. The summed E-state index contributed by atoms with van der Waals surface area (Å²) in [5, 5.41) is 6.04. The van der Waals surface area contributed by atoms with E-state index in [1.54, 1.807) is 0 Å². The van der Waals surface area contributed by atoms with E-state index in [4.69, 9.17) is 4.74 Å². The van der Waals surface area contributed by atoms with Gasteiger partial charge in [0.25, 0.3) is 0 Å². The van der Waals surface area contributed by atoms with Gasteiger partial charge in [-0.05, 0) is 24.1 Å². The predicted octanol–water partition coefficient (Wildman–Crippen LogP) is 1.24. The Hall–Kier alpha value is -1.55. The quantitative estimate of drug-likeness (QED) is 0.824. The SMILES string of the molecule is CCCOc1ccc([C@H]2NCCNC2=O)cc1. The third-order valence-electron chi connectivity index (χ3n) is 2.72. The van der Waals surface area contributed by atoms with E-state index in [2.05, 4.69) is 17.6 Å². The summed E-state index contributed by atoms with van der Waals surface area (Å²) in [4.78, 5) is 11.6. The largest absolute Gasteiger partial charge is 0.494 e.